The van der Waals surface area contributed by atoms with Gasteiger partial charge in [-0.05, 0) is 45.2 Å². The maximum absolute atomic E-state index is 13.4. The maximum Gasteiger partial charge on any atom is 0.407 e. The summed E-state index contributed by atoms with van der Waals surface area (Å²) in [6.07, 6.45) is 1.27. The second kappa shape index (κ2) is 10.2. The van der Waals surface area contributed by atoms with Crippen molar-refractivity contribution in [2.24, 2.45) is 7.05 Å². The number of alkyl carbamates (subject to hydrolysis) is 1. The Labute approximate surface area is 217 Å². The number of aromatic nitrogens is 3. The Bertz CT molecular complexity index is 1410. The van der Waals surface area contributed by atoms with Crippen molar-refractivity contribution in [2.45, 2.75) is 51.8 Å². The van der Waals surface area contributed by atoms with Crippen molar-refractivity contribution in [1.82, 2.24) is 19.4 Å². The van der Waals surface area contributed by atoms with Crippen LogP contribution in [0.25, 0.3) is 11.2 Å². The summed E-state index contributed by atoms with van der Waals surface area (Å²) >= 11 is 0. The summed E-state index contributed by atoms with van der Waals surface area (Å²) in [6, 6.07) is 11.4. The number of nitriles is 1. The van der Waals surface area contributed by atoms with Crippen molar-refractivity contribution in [3.05, 3.63) is 51.9 Å². The molecule has 0 bridgehead atoms. The van der Waals surface area contributed by atoms with Gasteiger partial charge in [0.05, 0.1) is 23.9 Å². The summed E-state index contributed by atoms with van der Waals surface area (Å²) in [5.41, 5.74) is 2.68. The van der Waals surface area contributed by atoms with Gasteiger partial charge in [0.2, 0.25) is 0 Å². The van der Waals surface area contributed by atoms with E-state index in [1.165, 1.54) is 0 Å². The van der Waals surface area contributed by atoms with Gasteiger partial charge in [-0.25, -0.2) is 14.6 Å². The minimum absolute atomic E-state index is 0.0992. The fourth-order valence-electron chi connectivity index (χ4n) is 4.70. The van der Waals surface area contributed by atoms with Gasteiger partial charge >= 0.3 is 11.8 Å². The van der Waals surface area contributed by atoms with Gasteiger partial charge in [0.15, 0.2) is 5.65 Å². The van der Waals surface area contributed by atoms with Crippen LogP contribution in [0.2, 0.25) is 0 Å². The first-order valence-electron chi connectivity index (χ1n) is 12.5. The van der Waals surface area contributed by atoms with Crippen LogP contribution >= 0.6 is 0 Å². The van der Waals surface area contributed by atoms with Crippen LogP contribution in [-0.2, 0) is 18.3 Å². The molecule has 1 fully saturated rings. The zero-order valence-electron chi connectivity index (χ0n) is 22.4. The quantitative estimate of drug-likeness (QED) is 0.567. The molecule has 1 aromatic carbocycles. The first kappa shape index (κ1) is 26.1. The number of nitrogens with one attached hydrogen (secondary N) is 1. The molecule has 2 aromatic heterocycles. The zero-order valence-corrected chi connectivity index (χ0v) is 22.4. The number of hydrogen-bond acceptors (Lipinski definition) is 7. The van der Waals surface area contributed by atoms with Crippen LogP contribution in [0.5, 0.6) is 0 Å². The molecule has 4 rings (SSSR count). The second-order valence-electron chi connectivity index (χ2n) is 10.7. The van der Waals surface area contributed by atoms with Crippen LogP contribution in [0.4, 0.5) is 16.3 Å². The van der Waals surface area contributed by atoms with Crippen LogP contribution in [0, 0.1) is 11.3 Å². The summed E-state index contributed by atoms with van der Waals surface area (Å²) in [5, 5.41) is 12.6. The zero-order chi connectivity index (χ0) is 26.9. The molecular formula is C27H35N7O3. The summed E-state index contributed by atoms with van der Waals surface area (Å²) in [5.74, 6) is 0.731. The number of amides is 1. The Morgan fingerprint density at radius 2 is 2.03 bits per heavy atom. The summed E-state index contributed by atoms with van der Waals surface area (Å²) in [7, 11) is 5.55. The number of nitrogens with zero attached hydrogens (tertiary/aromatic N) is 6. The highest BCUT2D eigenvalue weighted by atomic mass is 16.6. The topological polar surface area (TPSA) is 108 Å². The van der Waals surface area contributed by atoms with Crippen molar-refractivity contribution >= 4 is 28.8 Å². The summed E-state index contributed by atoms with van der Waals surface area (Å²) in [4.78, 5) is 34.8. The van der Waals surface area contributed by atoms with Crippen LogP contribution in [0.1, 0.15) is 44.7 Å². The third-order valence-electron chi connectivity index (χ3n) is 6.45. The lowest BCUT2D eigenvalue weighted by molar-refractivity contribution is 0.0500. The van der Waals surface area contributed by atoms with E-state index >= 15 is 0 Å². The molecule has 1 unspecified atom stereocenters. The normalized spacial score (nSPS) is 15.9. The van der Waals surface area contributed by atoms with Crippen molar-refractivity contribution in [2.75, 3.05) is 37.0 Å². The van der Waals surface area contributed by atoms with Gasteiger partial charge < -0.3 is 19.9 Å². The number of carbonyl (C=O) groups excluding carboxylic acids is 1. The molecule has 3 heterocycles. The fourth-order valence-corrected chi connectivity index (χ4v) is 4.70. The first-order chi connectivity index (χ1) is 17.5. The number of benzene rings is 1. The third kappa shape index (κ3) is 5.56. The number of imidazole rings is 1. The fraction of sp³-hybridized carbons (Fsp3) is 0.481. The minimum Gasteiger partial charge on any atom is -0.444 e. The lowest BCUT2D eigenvalue weighted by Gasteiger charge is -2.35. The van der Waals surface area contributed by atoms with Crippen LogP contribution in [0.3, 0.4) is 0 Å². The van der Waals surface area contributed by atoms with E-state index in [9.17, 15) is 14.9 Å². The third-order valence-corrected chi connectivity index (χ3v) is 6.45. The predicted octanol–water partition coefficient (Wildman–Crippen LogP) is 3.21. The Balaban J connectivity index is 1.78. The Morgan fingerprint density at radius 3 is 2.70 bits per heavy atom. The summed E-state index contributed by atoms with van der Waals surface area (Å²) < 4.78 is 8.72. The number of fused-ring (bicyclic) bond motifs is 1. The van der Waals surface area contributed by atoms with Crippen LogP contribution < -0.4 is 20.8 Å². The molecule has 196 valence electrons. The predicted molar refractivity (Wildman–Crippen MR) is 144 cm³/mol. The highest BCUT2D eigenvalue weighted by Crippen LogP contribution is 2.32. The Hall–Kier alpha value is -4.00. The van der Waals surface area contributed by atoms with Gasteiger partial charge in [-0.3, -0.25) is 9.13 Å². The average Bonchev–Trinajstić information content (AvgIpc) is 3.07. The van der Waals surface area contributed by atoms with E-state index in [1.54, 1.807) is 22.2 Å². The van der Waals surface area contributed by atoms with E-state index in [0.29, 0.717) is 23.3 Å². The smallest absolute Gasteiger partial charge is 0.407 e. The molecular weight excluding hydrogens is 470 g/mol. The van der Waals surface area contributed by atoms with Crippen molar-refractivity contribution in [3.8, 4) is 6.07 Å². The molecule has 0 radical (unpaired) electrons. The van der Waals surface area contributed by atoms with Crippen molar-refractivity contribution < 1.29 is 9.53 Å². The molecule has 1 atom stereocenters. The molecule has 1 N–H and O–H groups in total. The Kier molecular flexibility index (Phi) is 7.16. The average molecular weight is 506 g/mol. The monoisotopic (exact) mass is 505 g/mol. The van der Waals surface area contributed by atoms with E-state index in [-0.39, 0.29) is 18.3 Å². The highest BCUT2D eigenvalue weighted by Gasteiger charge is 2.28. The molecule has 0 aliphatic carbocycles. The van der Waals surface area contributed by atoms with Gasteiger partial charge in [-0.1, -0.05) is 18.2 Å². The number of anilines is 2. The van der Waals surface area contributed by atoms with E-state index in [1.807, 2.05) is 64.0 Å². The lowest BCUT2D eigenvalue weighted by atomic mass is 10.0. The molecule has 1 amide bonds. The maximum atomic E-state index is 13.4. The number of hydrogen-bond donors (Lipinski definition) is 1. The molecule has 1 aliphatic heterocycles. The van der Waals surface area contributed by atoms with Crippen LogP contribution in [-0.4, -0.2) is 59.0 Å². The number of ether oxygens (including phenoxy) is 1. The van der Waals surface area contributed by atoms with Crippen molar-refractivity contribution in [1.29, 1.82) is 5.26 Å². The number of pyridine rings is 1. The van der Waals surface area contributed by atoms with Gasteiger partial charge in [0.1, 0.15) is 16.9 Å². The van der Waals surface area contributed by atoms with Crippen molar-refractivity contribution in [3.63, 3.8) is 0 Å². The molecule has 10 heteroatoms. The molecule has 1 saturated heterocycles. The lowest BCUT2D eigenvalue weighted by Crippen LogP contribution is -2.49. The molecule has 10 nitrogen and oxygen atoms in total. The Morgan fingerprint density at radius 1 is 1.30 bits per heavy atom. The van der Waals surface area contributed by atoms with E-state index in [0.717, 1.165) is 36.5 Å². The van der Waals surface area contributed by atoms with E-state index < -0.39 is 11.7 Å². The molecule has 37 heavy (non-hydrogen) atoms. The van der Waals surface area contributed by atoms with Gasteiger partial charge in [-0.2, -0.15) is 5.26 Å². The minimum atomic E-state index is -0.573. The number of piperidine rings is 1. The molecule has 1 aliphatic rings. The van der Waals surface area contributed by atoms with Gasteiger partial charge in [0.25, 0.3) is 0 Å². The SMILES string of the molecule is CN(C)c1cc(N2CCCC(NC(=O)OC(C)(C)C)C2)c2c(n1)n(C)c(=O)n2Cc1ccccc1C#N. The standard InChI is InChI=1S/C27H35N7O3/c1-27(2,3)37-25(35)29-20-12-9-13-33(17-20)21-14-22(31(4)5)30-24-23(21)34(26(36)32(24)6)16-19-11-8-7-10-18(19)15-28/h7-8,10-11,14,20H,9,12-13,16-17H2,1-6H3,(H,29,35). The van der Waals surface area contributed by atoms with E-state index in [4.69, 9.17) is 9.72 Å². The largest absolute Gasteiger partial charge is 0.444 e. The van der Waals surface area contributed by atoms with Crippen LogP contribution in [0.15, 0.2) is 35.1 Å². The number of aryl methyl sites for hydroxylation is 1. The van der Waals surface area contributed by atoms with E-state index in [2.05, 4.69) is 16.3 Å². The first-order valence-corrected chi connectivity index (χ1v) is 12.5. The highest BCUT2D eigenvalue weighted by molar-refractivity contribution is 5.89. The summed E-state index contributed by atoms with van der Waals surface area (Å²) in [6.45, 7) is 7.13. The second-order valence-corrected chi connectivity index (χ2v) is 10.7. The molecule has 0 spiro atoms. The van der Waals surface area contributed by atoms with Gasteiger partial charge in [0, 0.05) is 46.3 Å². The van der Waals surface area contributed by atoms with Gasteiger partial charge in [-0.15, -0.1) is 0 Å². The number of rotatable bonds is 5. The molecule has 3 aromatic rings. The number of carbonyl (C=O) groups is 1. The molecule has 0 saturated carbocycles.